The van der Waals surface area contributed by atoms with Crippen LogP contribution >= 0.6 is 0 Å². The highest BCUT2D eigenvalue weighted by Crippen LogP contribution is 2.27. The van der Waals surface area contributed by atoms with Gasteiger partial charge in [0.05, 0.1) is 12.1 Å². The first-order chi connectivity index (χ1) is 14.0. The van der Waals surface area contributed by atoms with Crippen LogP contribution in [0.2, 0.25) is 0 Å². The molecular weight excluding hydrogens is 368 g/mol. The Morgan fingerprint density at radius 3 is 2.62 bits per heavy atom. The van der Waals surface area contributed by atoms with Crippen molar-refractivity contribution in [2.75, 3.05) is 19.6 Å². The molecule has 2 atom stereocenters. The van der Waals surface area contributed by atoms with Crippen LogP contribution < -0.4 is 5.32 Å². The molecular formula is C22H34N4O3. The lowest BCUT2D eigenvalue weighted by Gasteiger charge is -2.39. The van der Waals surface area contributed by atoms with Crippen molar-refractivity contribution < 1.29 is 14.7 Å². The van der Waals surface area contributed by atoms with Crippen molar-refractivity contribution in [1.82, 2.24) is 20.1 Å². The van der Waals surface area contributed by atoms with E-state index in [1.807, 2.05) is 17.0 Å². The Morgan fingerprint density at radius 2 is 2.00 bits per heavy atom. The molecule has 0 unspecified atom stereocenters. The minimum atomic E-state index is -0.478. The number of hydrogen-bond donors (Lipinski definition) is 2. The predicted octanol–water partition coefficient (Wildman–Crippen LogP) is 1.56. The molecule has 2 N–H and O–H groups in total. The molecule has 2 aliphatic heterocycles. The number of aliphatic hydroxyl groups is 1. The lowest BCUT2D eigenvalue weighted by atomic mass is 9.97. The molecule has 0 spiro atoms. The maximum absolute atomic E-state index is 12.8. The highest BCUT2D eigenvalue weighted by atomic mass is 16.3. The minimum Gasteiger partial charge on any atom is -0.392 e. The van der Waals surface area contributed by atoms with Gasteiger partial charge < -0.3 is 15.3 Å². The van der Waals surface area contributed by atoms with E-state index in [1.54, 1.807) is 12.4 Å². The zero-order valence-corrected chi connectivity index (χ0v) is 17.6. The van der Waals surface area contributed by atoms with Crippen LogP contribution in [-0.4, -0.2) is 69.5 Å². The summed E-state index contributed by atoms with van der Waals surface area (Å²) in [4.78, 5) is 33.7. The van der Waals surface area contributed by atoms with Crippen LogP contribution in [0.4, 0.5) is 0 Å². The van der Waals surface area contributed by atoms with Gasteiger partial charge in [-0.2, -0.15) is 0 Å². The Balaban J connectivity index is 1.55. The summed E-state index contributed by atoms with van der Waals surface area (Å²) in [5.41, 5.74) is 0.958. The van der Waals surface area contributed by atoms with E-state index in [-0.39, 0.29) is 29.8 Å². The smallest absolute Gasteiger partial charge is 0.237 e. The molecule has 0 aromatic carbocycles. The fourth-order valence-electron chi connectivity index (χ4n) is 4.62. The number of hydrogen-bond acceptors (Lipinski definition) is 5. The average Bonchev–Trinajstić information content (AvgIpc) is 3.15. The summed E-state index contributed by atoms with van der Waals surface area (Å²) in [7, 11) is 0. The molecule has 29 heavy (non-hydrogen) atoms. The topological polar surface area (TPSA) is 85.8 Å². The van der Waals surface area contributed by atoms with Gasteiger partial charge in [0.15, 0.2) is 0 Å². The van der Waals surface area contributed by atoms with Crippen LogP contribution in [0.1, 0.15) is 51.5 Å². The van der Waals surface area contributed by atoms with Gasteiger partial charge in [-0.25, -0.2) is 0 Å². The van der Waals surface area contributed by atoms with Crippen LogP contribution in [0, 0.1) is 5.92 Å². The second kappa shape index (κ2) is 10.2. The molecule has 0 saturated carbocycles. The predicted molar refractivity (Wildman–Crippen MR) is 111 cm³/mol. The second-order valence-electron chi connectivity index (χ2n) is 8.25. The quantitative estimate of drug-likeness (QED) is 0.723. The van der Waals surface area contributed by atoms with Gasteiger partial charge in [0.25, 0.3) is 0 Å². The summed E-state index contributed by atoms with van der Waals surface area (Å²) < 4.78 is 0. The average molecular weight is 403 g/mol. The Labute approximate surface area is 173 Å². The summed E-state index contributed by atoms with van der Waals surface area (Å²) in [5, 5.41) is 13.2. The molecule has 2 aliphatic rings. The SMILES string of the molecule is CCC(CC)C(=O)N1CCC(N2C[C@H](O)C[C@H]2C(=O)NCc2cccnc2)CC1. The Morgan fingerprint density at radius 1 is 1.28 bits per heavy atom. The van der Waals surface area contributed by atoms with Crippen molar-refractivity contribution in [2.24, 2.45) is 5.92 Å². The molecule has 0 bridgehead atoms. The van der Waals surface area contributed by atoms with Crippen molar-refractivity contribution in [2.45, 2.75) is 70.7 Å². The summed E-state index contributed by atoms with van der Waals surface area (Å²) in [5.74, 6) is 0.341. The van der Waals surface area contributed by atoms with E-state index in [4.69, 9.17) is 0 Å². The number of nitrogens with zero attached hydrogens (tertiary/aromatic N) is 3. The third-order valence-corrected chi connectivity index (χ3v) is 6.39. The summed E-state index contributed by atoms with van der Waals surface area (Å²) in [6.07, 6.45) is 6.91. The molecule has 0 aliphatic carbocycles. The van der Waals surface area contributed by atoms with Crippen molar-refractivity contribution in [3.05, 3.63) is 30.1 Å². The van der Waals surface area contributed by atoms with Gasteiger partial charge in [0.1, 0.15) is 0 Å². The number of aromatic nitrogens is 1. The Hall–Kier alpha value is -1.99. The maximum Gasteiger partial charge on any atom is 0.237 e. The van der Waals surface area contributed by atoms with Gasteiger partial charge in [0.2, 0.25) is 11.8 Å². The number of nitrogens with one attached hydrogen (secondary N) is 1. The fourth-order valence-corrected chi connectivity index (χ4v) is 4.62. The standard InChI is InChI=1S/C22H34N4O3/c1-3-17(4-2)22(29)25-10-7-18(8-11-25)26-15-19(27)12-20(26)21(28)24-14-16-6-5-9-23-13-16/h5-6,9,13,17-20,27H,3-4,7-8,10-12,14-15H2,1-2H3,(H,24,28)/t19-,20+/m1/s1. The number of amides is 2. The minimum absolute atomic E-state index is 0.0408. The molecule has 7 nitrogen and oxygen atoms in total. The molecule has 1 aromatic rings. The van der Waals surface area contributed by atoms with E-state index in [0.29, 0.717) is 19.5 Å². The number of carbonyl (C=O) groups excluding carboxylic acids is 2. The lowest BCUT2D eigenvalue weighted by Crippen LogP contribution is -2.52. The van der Waals surface area contributed by atoms with Crippen molar-refractivity contribution in [1.29, 1.82) is 0 Å². The Bertz CT molecular complexity index is 672. The van der Waals surface area contributed by atoms with Crippen LogP contribution in [0.15, 0.2) is 24.5 Å². The van der Waals surface area contributed by atoms with Gasteiger partial charge in [0, 0.05) is 50.5 Å². The number of β-amino-alcohol motifs (C(OH)–C–C–N with tert-alkyl or cyclic N) is 1. The summed E-state index contributed by atoms with van der Waals surface area (Å²) >= 11 is 0. The fraction of sp³-hybridized carbons (Fsp3) is 0.682. The molecule has 3 heterocycles. The van der Waals surface area contributed by atoms with Crippen molar-refractivity contribution in [3.63, 3.8) is 0 Å². The third kappa shape index (κ3) is 5.34. The number of piperidine rings is 1. The summed E-state index contributed by atoms with van der Waals surface area (Å²) in [6.45, 7) is 6.57. The van der Waals surface area contributed by atoms with E-state index in [0.717, 1.165) is 44.3 Å². The van der Waals surface area contributed by atoms with Gasteiger partial charge in [-0.1, -0.05) is 19.9 Å². The molecule has 1 aromatic heterocycles. The molecule has 7 heteroatoms. The molecule has 2 amide bonds. The van der Waals surface area contributed by atoms with Crippen LogP contribution in [-0.2, 0) is 16.1 Å². The highest BCUT2D eigenvalue weighted by molar-refractivity contribution is 5.82. The second-order valence-corrected chi connectivity index (χ2v) is 8.25. The zero-order valence-electron chi connectivity index (χ0n) is 17.6. The molecule has 2 fully saturated rings. The van der Waals surface area contributed by atoms with Crippen LogP contribution in [0.5, 0.6) is 0 Å². The largest absolute Gasteiger partial charge is 0.392 e. The molecule has 2 saturated heterocycles. The first kappa shape index (κ1) is 21.7. The number of carbonyl (C=O) groups is 2. The monoisotopic (exact) mass is 402 g/mol. The first-order valence-electron chi connectivity index (χ1n) is 10.9. The number of pyridine rings is 1. The highest BCUT2D eigenvalue weighted by Gasteiger charge is 2.41. The zero-order chi connectivity index (χ0) is 20.8. The van der Waals surface area contributed by atoms with E-state index in [1.165, 1.54) is 0 Å². The number of rotatable bonds is 7. The molecule has 0 radical (unpaired) electrons. The Kier molecular flexibility index (Phi) is 7.61. The van der Waals surface area contributed by atoms with Gasteiger partial charge in [-0.15, -0.1) is 0 Å². The first-order valence-corrected chi connectivity index (χ1v) is 10.9. The van der Waals surface area contributed by atoms with E-state index in [9.17, 15) is 14.7 Å². The van der Waals surface area contributed by atoms with E-state index < -0.39 is 6.10 Å². The number of aliphatic hydroxyl groups excluding tert-OH is 1. The lowest BCUT2D eigenvalue weighted by molar-refractivity contribution is -0.138. The number of likely N-dealkylation sites (tertiary alicyclic amines) is 2. The third-order valence-electron chi connectivity index (χ3n) is 6.39. The molecule has 160 valence electrons. The summed E-state index contributed by atoms with van der Waals surface area (Å²) in [6, 6.07) is 3.70. The van der Waals surface area contributed by atoms with E-state index in [2.05, 4.69) is 29.0 Å². The van der Waals surface area contributed by atoms with Crippen molar-refractivity contribution >= 4 is 11.8 Å². The van der Waals surface area contributed by atoms with Gasteiger partial charge >= 0.3 is 0 Å². The van der Waals surface area contributed by atoms with Crippen molar-refractivity contribution in [3.8, 4) is 0 Å². The molecule has 3 rings (SSSR count). The van der Waals surface area contributed by atoms with Gasteiger partial charge in [-0.3, -0.25) is 19.5 Å². The van der Waals surface area contributed by atoms with Crippen LogP contribution in [0.3, 0.4) is 0 Å². The van der Waals surface area contributed by atoms with Crippen LogP contribution in [0.25, 0.3) is 0 Å². The maximum atomic E-state index is 12.8. The van der Waals surface area contributed by atoms with E-state index >= 15 is 0 Å². The normalized spacial score (nSPS) is 23.5. The van der Waals surface area contributed by atoms with Gasteiger partial charge in [-0.05, 0) is 43.7 Å².